The zero-order chi connectivity index (χ0) is 18.8. The van der Waals surface area contributed by atoms with Gasteiger partial charge in [-0.1, -0.05) is 12.1 Å². The monoisotopic (exact) mass is 353 g/mol. The van der Waals surface area contributed by atoms with Gasteiger partial charge in [-0.25, -0.2) is 5.43 Å². The van der Waals surface area contributed by atoms with Crippen LogP contribution in [0.2, 0.25) is 0 Å². The largest absolute Gasteiger partial charge is 0.508 e. The zero-order valence-corrected chi connectivity index (χ0v) is 13.7. The van der Waals surface area contributed by atoms with Gasteiger partial charge in [0, 0.05) is 24.1 Å². The molecule has 1 heterocycles. The number of nitrogens with zero attached hydrogens (tertiary/aromatic N) is 2. The van der Waals surface area contributed by atoms with E-state index in [0.29, 0.717) is 10.9 Å². The van der Waals surface area contributed by atoms with Crippen LogP contribution in [-0.2, 0) is 7.05 Å². The second-order valence-corrected chi connectivity index (χ2v) is 5.55. The first-order valence-electron chi connectivity index (χ1n) is 7.56. The van der Waals surface area contributed by atoms with Crippen LogP contribution < -0.4 is 11.0 Å². The van der Waals surface area contributed by atoms with Crippen LogP contribution in [0.4, 0.5) is 0 Å². The van der Waals surface area contributed by atoms with Gasteiger partial charge in [0.05, 0.1) is 11.7 Å². The highest BCUT2D eigenvalue weighted by molar-refractivity contribution is 6.02. The molecule has 3 aromatic rings. The van der Waals surface area contributed by atoms with Gasteiger partial charge < -0.3 is 19.9 Å². The van der Waals surface area contributed by atoms with E-state index in [0.717, 1.165) is 12.3 Å². The lowest BCUT2D eigenvalue weighted by Gasteiger charge is -2.10. The van der Waals surface area contributed by atoms with Crippen LogP contribution in [0.15, 0.2) is 52.4 Å². The number of carbonyl (C=O) groups excluding carboxylic acids is 1. The minimum absolute atomic E-state index is 0.117. The number of phenolic OH excluding ortho intramolecular Hbond substituents is 2. The summed E-state index contributed by atoms with van der Waals surface area (Å²) >= 11 is 0. The van der Waals surface area contributed by atoms with E-state index in [1.807, 2.05) is 0 Å². The van der Waals surface area contributed by atoms with E-state index in [1.165, 1.54) is 23.7 Å². The van der Waals surface area contributed by atoms with Gasteiger partial charge in [0.1, 0.15) is 22.8 Å². The van der Waals surface area contributed by atoms with E-state index in [-0.39, 0.29) is 17.1 Å². The smallest absolute Gasteiger partial charge is 0.280 e. The molecule has 0 saturated carbocycles. The number of aryl methyl sites for hydroxylation is 1. The summed E-state index contributed by atoms with van der Waals surface area (Å²) in [5, 5.41) is 33.3. The molecule has 0 atom stereocenters. The molecule has 0 bridgehead atoms. The van der Waals surface area contributed by atoms with Crippen molar-refractivity contribution >= 4 is 23.0 Å². The van der Waals surface area contributed by atoms with Crippen LogP contribution in [0, 0.1) is 0 Å². The molecule has 0 fully saturated rings. The number of pyridine rings is 1. The zero-order valence-electron chi connectivity index (χ0n) is 13.7. The van der Waals surface area contributed by atoms with Gasteiger partial charge in [-0.3, -0.25) is 9.59 Å². The molecule has 2 aromatic carbocycles. The highest BCUT2D eigenvalue weighted by atomic mass is 16.3. The SMILES string of the molecule is Cn1c(=O)c(C(=O)N/N=C/c2ccc(O)cc2O)c(O)c2ccccc21. The molecule has 1 aromatic heterocycles. The number of aromatic nitrogens is 1. The minimum Gasteiger partial charge on any atom is -0.508 e. The van der Waals surface area contributed by atoms with Crippen molar-refractivity contribution in [2.24, 2.45) is 12.1 Å². The van der Waals surface area contributed by atoms with Gasteiger partial charge in [0.15, 0.2) is 0 Å². The van der Waals surface area contributed by atoms with Gasteiger partial charge >= 0.3 is 0 Å². The summed E-state index contributed by atoms with van der Waals surface area (Å²) in [6, 6.07) is 10.5. The number of aromatic hydroxyl groups is 3. The van der Waals surface area contributed by atoms with E-state index in [1.54, 1.807) is 24.3 Å². The quantitative estimate of drug-likeness (QED) is 0.419. The lowest BCUT2D eigenvalue weighted by molar-refractivity contribution is 0.0950. The minimum atomic E-state index is -0.886. The van der Waals surface area contributed by atoms with Crippen molar-refractivity contribution in [1.29, 1.82) is 0 Å². The van der Waals surface area contributed by atoms with Gasteiger partial charge in [0.2, 0.25) is 0 Å². The second kappa shape index (κ2) is 6.60. The number of amides is 1. The first-order chi connectivity index (χ1) is 12.4. The van der Waals surface area contributed by atoms with Gasteiger partial charge in [-0.15, -0.1) is 0 Å². The van der Waals surface area contributed by atoms with E-state index >= 15 is 0 Å². The van der Waals surface area contributed by atoms with Crippen molar-refractivity contribution in [3.63, 3.8) is 0 Å². The number of fused-ring (bicyclic) bond motifs is 1. The van der Waals surface area contributed by atoms with E-state index < -0.39 is 22.8 Å². The Morgan fingerprint density at radius 3 is 2.62 bits per heavy atom. The van der Waals surface area contributed by atoms with Crippen LogP contribution >= 0.6 is 0 Å². The lowest BCUT2D eigenvalue weighted by atomic mass is 10.1. The lowest BCUT2D eigenvalue weighted by Crippen LogP contribution is -2.30. The first kappa shape index (κ1) is 17.0. The van der Waals surface area contributed by atoms with Crippen LogP contribution in [-0.4, -0.2) is 32.0 Å². The Labute approximate surface area is 147 Å². The third-order valence-corrected chi connectivity index (χ3v) is 3.89. The molecule has 4 N–H and O–H groups in total. The Morgan fingerprint density at radius 2 is 1.88 bits per heavy atom. The normalized spacial score (nSPS) is 11.1. The number of phenols is 2. The van der Waals surface area contributed by atoms with Crippen LogP contribution in [0.1, 0.15) is 15.9 Å². The maximum Gasteiger partial charge on any atom is 0.280 e. The number of hydrogen-bond donors (Lipinski definition) is 4. The molecule has 0 aliphatic carbocycles. The summed E-state index contributed by atoms with van der Waals surface area (Å²) in [4.78, 5) is 24.7. The number of nitrogens with one attached hydrogen (secondary N) is 1. The molecule has 26 heavy (non-hydrogen) atoms. The average Bonchev–Trinajstić information content (AvgIpc) is 2.62. The Balaban J connectivity index is 1.93. The number of benzene rings is 2. The predicted octanol–water partition coefficient (Wildman–Crippen LogP) is 1.42. The number of hydrazone groups is 1. The summed E-state index contributed by atoms with van der Waals surface area (Å²) in [5.41, 5.74) is 1.79. The molecule has 8 nitrogen and oxygen atoms in total. The first-order valence-corrected chi connectivity index (χ1v) is 7.56. The predicted molar refractivity (Wildman–Crippen MR) is 95.7 cm³/mol. The Hall–Kier alpha value is -3.81. The van der Waals surface area contributed by atoms with Crippen LogP contribution in [0.25, 0.3) is 10.9 Å². The van der Waals surface area contributed by atoms with Crippen molar-refractivity contribution in [3.05, 3.63) is 63.9 Å². The molecule has 0 radical (unpaired) electrons. The fourth-order valence-electron chi connectivity index (χ4n) is 2.54. The Bertz CT molecular complexity index is 1100. The maximum atomic E-state index is 12.4. The summed E-state index contributed by atoms with van der Waals surface area (Å²) < 4.78 is 1.26. The van der Waals surface area contributed by atoms with E-state index in [2.05, 4.69) is 10.5 Å². The molecule has 0 spiro atoms. The highest BCUT2D eigenvalue weighted by Gasteiger charge is 2.20. The Kier molecular flexibility index (Phi) is 4.32. The van der Waals surface area contributed by atoms with Crippen LogP contribution in [0.5, 0.6) is 17.2 Å². The van der Waals surface area contributed by atoms with Crippen molar-refractivity contribution in [3.8, 4) is 17.2 Å². The van der Waals surface area contributed by atoms with Gasteiger partial charge in [0.25, 0.3) is 11.5 Å². The topological polar surface area (TPSA) is 124 Å². The molecule has 132 valence electrons. The van der Waals surface area contributed by atoms with E-state index in [4.69, 9.17) is 0 Å². The average molecular weight is 353 g/mol. The molecule has 0 saturated heterocycles. The maximum absolute atomic E-state index is 12.4. The molecule has 3 rings (SSSR count). The number of carbonyl (C=O) groups is 1. The second-order valence-electron chi connectivity index (χ2n) is 5.55. The van der Waals surface area contributed by atoms with Gasteiger partial charge in [-0.2, -0.15) is 5.10 Å². The molecular formula is C18H15N3O5. The summed E-state index contributed by atoms with van der Waals surface area (Å²) in [5.74, 6) is -1.66. The third kappa shape index (κ3) is 2.95. The summed E-state index contributed by atoms with van der Waals surface area (Å²) in [6.45, 7) is 0. The van der Waals surface area contributed by atoms with Gasteiger partial charge in [-0.05, 0) is 24.3 Å². The Morgan fingerprint density at radius 1 is 1.15 bits per heavy atom. The number of hydrogen-bond acceptors (Lipinski definition) is 6. The number of rotatable bonds is 3. The van der Waals surface area contributed by atoms with Crippen LogP contribution in [0.3, 0.4) is 0 Å². The third-order valence-electron chi connectivity index (χ3n) is 3.89. The highest BCUT2D eigenvalue weighted by Crippen LogP contribution is 2.25. The van der Waals surface area contributed by atoms with Crippen molar-refractivity contribution in [2.45, 2.75) is 0 Å². The molecule has 8 heteroatoms. The van der Waals surface area contributed by atoms with E-state index in [9.17, 15) is 24.9 Å². The molecule has 0 aliphatic rings. The molecule has 0 aliphatic heterocycles. The molecule has 1 amide bonds. The summed E-state index contributed by atoms with van der Waals surface area (Å²) in [6.07, 6.45) is 1.15. The summed E-state index contributed by atoms with van der Waals surface area (Å²) in [7, 11) is 1.50. The molecule has 0 unspecified atom stereocenters. The standard InChI is InChI=1S/C18H15N3O5/c1-21-13-5-3-2-4-12(13)16(24)15(18(21)26)17(25)20-19-9-10-6-7-11(22)8-14(10)23/h2-9,22-24H,1H3,(H,20,25)/b19-9+. The van der Waals surface area contributed by atoms with Crippen molar-refractivity contribution in [1.82, 2.24) is 9.99 Å². The fourth-order valence-corrected chi connectivity index (χ4v) is 2.54. The van der Waals surface area contributed by atoms with Crippen molar-refractivity contribution < 1.29 is 20.1 Å². The molecular weight excluding hydrogens is 338 g/mol. The fraction of sp³-hybridized carbons (Fsp3) is 0.0556. The number of para-hydroxylation sites is 1. The van der Waals surface area contributed by atoms with Crippen molar-refractivity contribution in [2.75, 3.05) is 0 Å².